The molecule has 0 N–H and O–H groups in total. The predicted octanol–water partition coefficient (Wildman–Crippen LogP) is 9.11. The van der Waals surface area contributed by atoms with Crippen LogP contribution in [-0.2, 0) is 11.4 Å². The summed E-state index contributed by atoms with van der Waals surface area (Å²) in [6.07, 6.45) is 1.87. The third kappa shape index (κ3) is 6.21. The molecule has 5 rings (SSSR count). The second kappa shape index (κ2) is 11.6. The van der Waals surface area contributed by atoms with E-state index in [0.717, 1.165) is 38.1 Å². The highest BCUT2D eigenvalue weighted by Crippen LogP contribution is 2.39. The van der Waals surface area contributed by atoms with Crippen LogP contribution in [0.4, 0.5) is 11.4 Å². The maximum Gasteiger partial charge on any atom is 0.271 e. The Morgan fingerprint density at radius 3 is 2.26 bits per heavy atom. The second-order valence-corrected chi connectivity index (χ2v) is 11.3. The van der Waals surface area contributed by atoms with Gasteiger partial charge in [-0.05, 0) is 91.8 Å². The molecule has 1 aliphatic heterocycles. The van der Waals surface area contributed by atoms with E-state index in [1.165, 1.54) is 11.8 Å². The van der Waals surface area contributed by atoms with Crippen molar-refractivity contribution in [3.05, 3.63) is 128 Å². The number of amidine groups is 1. The number of ether oxygens (including phenoxy) is 1. The molecule has 0 unspecified atom stereocenters. The summed E-state index contributed by atoms with van der Waals surface area (Å²) < 4.78 is 7.04. The molecule has 7 heteroatoms. The highest BCUT2D eigenvalue weighted by atomic mass is 79.9. The Morgan fingerprint density at radius 1 is 0.921 bits per heavy atom. The lowest BCUT2D eigenvalue weighted by Gasteiger charge is -2.16. The maximum absolute atomic E-state index is 13.7. The van der Waals surface area contributed by atoms with Crippen molar-refractivity contribution in [2.75, 3.05) is 4.90 Å². The van der Waals surface area contributed by atoms with Gasteiger partial charge in [0.1, 0.15) is 12.4 Å². The lowest BCUT2D eigenvalue weighted by atomic mass is 10.1. The number of carbonyl (C=O) groups is 1. The first-order valence-electron chi connectivity index (χ1n) is 12.0. The molecule has 0 spiro atoms. The van der Waals surface area contributed by atoms with Crippen LogP contribution in [0.2, 0.25) is 5.02 Å². The highest BCUT2D eigenvalue weighted by molar-refractivity contribution is 9.10. The Labute approximate surface area is 240 Å². The van der Waals surface area contributed by atoms with Gasteiger partial charge in [0.15, 0.2) is 5.17 Å². The van der Waals surface area contributed by atoms with Gasteiger partial charge in [0.25, 0.3) is 5.91 Å². The number of hydrogen-bond donors (Lipinski definition) is 0. The van der Waals surface area contributed by atoms with Gasteiger partial charge in [-0.25, -0.2) is 4.99 Å². The standard InChI is InChI=1S/C31H24BrClN2O2S/c1-20-3-12-26(13-4-20)34-31-35(27-14-5-21(2)6-15-27)30(36)29(38-31)18-23-17-24(32)9-16-28(23)37-19-22-7-10-25(33)11-8-22/h3-18H,19H2,1-2H3/b29-18-,34-31?. The molecule has 0 saturated carbocycles. The summed E-state index contributed by atoms with van der Waals surface area (Å²) in [5, 5.41) is 1.29. The molecule has 0 aliphatic carbocycles. The van der Waals surface area contributed by atoms with Crippen LogP contribution in [0, 0.1) is 13.8 Å². The van der Waals surface area contributed by atoms with Gasteiger partial charge in [0.2, 0.25) is 0 Å². The van der Waals surface area contributed by atoms with E-state index in [0.29, 0.717) is 27.5 Å². The molecule has 0 bridgehead atoms. The minimum Gasteiger partial charge on any atom is -0.488 e. The largest absolute Gasteiger partial charge is 0.488 e. The minimum atomic E-state index is -0.131. The molecule has 38 heavy (non-hydrogen) atoms. The number of anilines is 1. The molecule has 4 aromatic rings. The van der Waals surface area contributed by atoms with Crippen LogP contribution in [0.25, 0.3) is 6.08 Å². The number of halogens is 2. The number of aliphatic imine (C=N–C) groups is 1. The number of amides is 1. The fraction of sp³-hybridized carbons (Fsp3) is 0.0968. The van der Waals surface area contributed by atoms with Gasteiger partial charge in [-0.3, -0.25) is 9.69 Å². The summed E-state index contributed by atoms with van der Waals surface area (Å²) in [6.45, 7) is 4.44. The van der Waals surface area contributed by atoms with Crippen LogP contribution >= 0.6 is 39.3 Å². The van der Waals surface area contributed by atoms with Gasteiger partial charge in [0, 0.05) is 15.1 Å². The smallest absolute Gasteiger partial charge is 0.271 e. The first-order chi connectivity index (χ1) is 18.4. The average Bonchev–Trinajstić information content (AvgIpc) is 3.20. The Hall–Kier alpha value is -3.32. The molecule has 0 aromatic heterocycles. The van der Waals surface area contributed by atoms with E-state index >= 15 is 0 Å². The van der Waals surface area contributed by atoms with E-state index < -0.39 is 0 Å². The van der Waals surface area contributed by atoms with Crippen LogP contribution in [0.3, 0.4) is 0 Å². The molecule has 0 atom stereocenters. The van der Waals surface area contributed by atoms with Gasteiger partial charge >= 0.3 is 0 Å². The monoisotopic (exact) mass is 602 g/mol. The van der Waals surface area contributed by atoms with Crippen molar-refractivity contribution in [2.45, 2.75) is 20.5 Å². The van der Waals surface area contributed by atoms with Gasteiger partial charge in [-0.2, -0.15) is 0 Å². The van der Waals surface area contributed by atoms with Crippen LogP contribution < -0.4 is 9.64 Å². The molecule has 4 nitrogen and oxygen atoms in total. The zero-order valence-corrected chi connectivity index (χ0v) is 24.0. The molecule has 1 amide bonds. The van der Waals surface area contributed by atoms with Gasteiger partial charge in [-0.15, -0.1) is 0 Å². The summed E-state index contributed by atoms with van der Waals surface area (Å²) in [5.41, 5.74) is 5.64. The normalized spacial score (nSPS) is 15.5. The average molecular weight is 604 g/mol. The molecule has 0 radical (unpaired) electrons. The van der Waals surface area contributed by atoms with Crippen LogP contribution in [0.5, 0.6) is 5.75 Å². The van der Waals surface area contributed by atoms with Crippen molar-refractivity contribution in [3.63, 3.8) is 0 Å². The Kier molecular flexibility index (Phi) is 8.03. The first kappa shape index (κ1) is 26.3. The molecular weight excluding hydrogens is 580 g/mol. The Bertz CT molecular complexity index is 1530. The quantitative estimate of drug-likeness (QED) is 0.206. The number of nitrogens with zero attached hydrogens (tertiary/aromatic N) is 2. The van der Waals surface area contributed by atoms with E-state index in [-0.39, 0.29) is 5.91 Å². The fourth-order valence-corrected chi connectivity index (χ4v) is 5.34. The van der Waals surface area contributed by atoms with Gasteiger partial charge in [-0.1, -0.05) is 75.1 Å². The number of thioether (sulfide) groups is 1. The maximum atomic E-state index is 13.7. The molecule has 190 valence electrons. The van der Waals surface area contributed by atoms with Crippen LogP contribution in [-0.4, -0.2) is 11.1 Å². The number of hydrogen-bond acceptors (Lipinski definition) is 4. The van der Waals surface area contributed by atoms with E-state index in [1.54, 1.807) is 4.90 Å². The van der Waals surface area contributed by atoms with Crippen molar-refractivity contribution < 1.29 is 9.53 Å². The van der Waals surface area contributed by atoms with Gasteiger partial charge < -0.3 is 4.74 Å². The summed E-state index contributed by atoms with van der Waals surface area (Å²) in [7, 11) is 0. The van der Waals surface area contributed by atoms with Crippen LogP contribution in [0.1, 0.15) is 22.3 Å². The Balaban J connectivity index is 1.50. The molecular formula is C31H24BrClN2O2S. The molecule has 1 saturated heterocycles. The third-order valence-electron chi connectivity index (χ3n) is 5.92. The molecule has 1 aliphatic rings. The molecule has 1 fully saturated rings. The van der Waals surface area contributed by atoms with Gasteiger partial charge in [0.05, 0.1) is 16.3 Å². The zero-order valence-electron chi connectivity index (χ0n) is 20.8. The summed E-state index contributed by atoms with van der Waals surface area (Å²) in [5.74, 6) is 0.545. The highest BCUT2D eigenvalue weighted by Gasteiger charge is 2.35. The minimum absolute atomic E-state index is 0.131. The lowest BCUT2D eigenvalue weighted by Crippen LogP contribution is -2.28. The topological polar surface area (TPSA) is 41.9 Å². The van der Waals surface area contributed by atoms with Crippen molar-refractivity contribution in [3.8, 4) is 5.75 Å². The SMILES string of the molecule is Cc1ccc(N=C2S/C(=C\c3cc(Br)ccc3OCc3ccc(Cl)cc3)C(=O)N2c2ccc(C)cc2)cc1. The Morgan fingerprint density at radius 2 is 1.58 bits per heavy atom. The predicted molar refractivity (Wildman–Crippen MR) is 162 cm³/mol. The van der Waals surface area contributed by atoms with E-state index in [2.05, 4.69) is 15.9 Å². The lowest BCUT2D eigenvalue weighted by molar-refractivity contribution is -0.113. The fourth-order valence-electron chi connectivity index (χ4n) is 3.85. The summed E-state index contributed by atoms with van der Waals surface area (Å²) in [6, 6.07) is 29.1. The number of aryl methyl sites for hydroxylation is 2. The first-order valence-corrected chi connectivity index (χ1v) is 14.0. The number of rotatable bonds is 6. The van der Waals surface area contributed by atoms with Crippen molar-refractivity contribution in [2.24, 2.45) is 4.99 Å². The van der Waals surface area contributed by atoms with E-state index in [1.807, 2.05) is 111 Å². The summed E-state index contributed by atoms with van der Waals surface area (Å²) >= 11 is 10.9. The number of benzene rings is 4. The van der Waals surface area contributed by atoms with Crippen LogP contribution in [0.15, 0.2) is 105 Å². The molecule has 1 heterocycles. The second-order valence-electron chi connectivity index (χ2n) is 8.91. The zero-order chi connectivity index (χ0) is 26.6. The summed E-state index contributed by atoms with van der Waals surface area (Å²) in [4.78, 5) is 20.8. The van der Waals surface area contributed by atoms with Crippen molar-refractivity contribution >= 4 is 67.8 Å². The third-order valence-corrected chi connectivity index (χ3v) is 7.64. The van der Waals surface area contributed by atoms with E-state index in [4.69, 9.17) is 21.3 Å². The van der Waals surface area contributed by atoms with Crippen molar-refractivity contribution in [1.82, 2.24) is 0 Å². The molecule has 4 aromatic carbocycles. The van der Waals surface area contributed by atoms with Crippen molar-refractivity contribution in [1.29, 1.82) is 0 Å². The number of carbonyl (C=O) groups excluding carboxylic acids is 1. The van der Waals surface area contributed by atoms with E-state index in [9.17, 15) is 4.79 Å².